The van der Waals surface area contributed by atoms with E-state index in [0.29, 0.717) is 35.0 Å². The van der Waals surface area contributed by atoms with Crippen molar-refractivity contribution in [2.45, 2.75) is 44.6 Å². The first-order valence-corrected chi connectivity index (χ1v) is 8.60. The van der Waals surface area contributed by atoms with Gasteiger partial charge in [-0.25, -0.2) is 8.42 Å². The van der Waals surface area contributed by atoms with Crippen molar-refractivity contribution < 1.29 is 13.5 Å². The van der Waals surface area contributed by atoms with Crippen LogP contribution in [-0.4, -0.2) is 30.9 Å². The van der Waals surface area contributed by atoms with Crippen LogP contribution in [0.5, 0.6) is 0 Å². The summed E-state index contributed by atoms with van der Waals surface area (Å²) in [4.78, 5) is 0.332. The first-order chi connectivity index (χ1) is 9.46. The highest BCUT2D eigenvalue weighted by atomic mass is 32.2. The van der Waals surface area contributed by atoms with Crippen LogP contribution in [0.15, 0.2) is 23.1 Å². The van der Waals surface area contributed by atoms with Crippen LogP contribution in [0.3, 0.4) is 0 Å². The molecule has 112 valence electrons. The smallest absolute Gasteiger partial charge is 0.243 e. The van der Waals surface area contributed by atoms with Crippen molar-refractivity contribution in [1.82, 2.24) is 4.31 Å². The SMILES string of the molecule is Cc1c(CO)cccc1S(=O)(=O)N1CCCC(C)CC1. The molecule has 1 unspecified atom stereocenters. The van der Waals surface area contributed by atoms with Gasteiger partial charge >= 0.3 is 0 Å². The van der Waals surface area contributed by atoms with Crippen LogP contribution in [0.25, 0.3) is 0 Å². The summed E-state index contributed by atoms with van der Waals surface area (Å²) in [6.07, 6.45) is 2.92. The van der Waals surface area contributed by atoms with E-state index >= 15 is 0 Å². The summed E-state index contributed by atoms with van der Waals surface area (Å²) in [7, 11) is -3.45. The number of hydrogen-bond donors (Lipinski definition) is 1. The molecule has 1 aliphatic rings. The first-order valence-electron chi connectivity index (χ1n) is 7.16. The lowest BCUT2D eigenvalue weighted by Crippen LogP contribution is -2.32. The summed E-state index contributed by atoms with van der Waals surface area (Å²) >= 11 is 0. The van der Waals surface area contributed by atoms with Gasteiger partial charge in [-0.3, -0.25) is 0 Å². The molecule has 0 saturated carbocycles. The predicted octanol–water partition coefficient (Wildman–Crippen LogP) is 2.30. The lowest BCUT2D eigenvalue weighted by molar-refractivity contribution is 0.280. The highest BCUT2D eigenvalue weighted by Crippen LogP contribution is 2.26. The van der Waals surface area contributed by atoms with E-state index in [9.17, 15) is 13.5 Å². The van der Waals surface area contributed by atoms with Crippen molar-refractivity contribution in [3.63, 3.8) is 0 Å². The van der Waals surface area contributed by atoms with E-state index < -0.39 is 10.0 Å². The second kappa shape index (κ2) is 6.24. The standard InChI is InChI=1S/C15H23NO3S/c1-12-5-4-9-16(10-8-12)20(18,19)15-7-3-6-14(11-17)13(15)2/h3,6-7,12,17H,4-5,8-11H2,1-2H3. The second-order valence-corrected chi connectivity index (χ2v) is 7.54. The molecule has 0 aliphatic carbocycles. The summed E-state index contributed by atoms with van der Waals surface area (Å²) in [5.74, 6) is 0.583. The fourth-order valence-corrected chi connectivity index (χ4v) is 4.49. The first kappa shape index (κ1) is 15.5. The van der Waals surface area contributed by atoms with Gasteiger partial charge in [0.2, 0.25) is 10.0 Å². The molecule has 1 aromatic rings. The molecule has 0 radical (unpaired) electrons. The second-order valence-electron chi connectivity index (χ2n) is 5.64. The van der Waals surface area contributed by atoms with Gasteiger partial charge in [-0.1, -0.05) is 19.1 Å². The molecule has 4 nitrogen and oxygen atoms in total. The van der Waals surface area contributed by atoms with Crippen LogP contribution in [0.1, 0.15) is 37.3 Å². The molecule has 0 spiro atoms. The Hall–Kier alpha value is -0.910. The van der Waals surface area contributed by atoms with Crippen LogP contribution in [0.4, 0.5) is 0 Å². The van der Waals surface area contributed by atoms with Gasteiger partial charge in [0.15, 0.2) is 0 Å². The Kier molecular flexibility index (Phi) is 4.83. The molecule has 2 rings (SSSR count). The molecular formula is C15H23NO3S. The van der Waals surface area contributed by atoms with Crippen LogP contribution in [0, 0.1) is 12.8 Å². The Morgan fingerprint density at radius 2 is 2.05 bits per heavy atom. The zero-order valence-electron chi connectivity index (χ0n) is 12.2. The van der Waals surface area contributed by atoms with Gasteiger partial charge in [0.05, 0.1) is 11.5 Å². The summed E-state index contributed by atoms with van der Waals surface area (Å²) in [5, 5.41) is 9.29. The summed E-state index contributed by atoms with van der Waals surface area (Å²) in [5.41, 5.74) is 1.33. The fourth-order valence-electron chi connectivity index (χ4n) is 2.73. The molecule has 0 aromatic heterocycles. The topological polar surface area (TPSA) is 57.6 Å². The quantitative estimate of drug-likeness (QED) is 0.931. The van der Waals surface area contributed by atoms with Crippen LogP contribution in [0.2, 0.25) is 0 Å². The van der Waals surface area contributed by atoms with E-state index in [1.165, 1.54) is 0 Å². The van der Waals surface area contributed by atoms with Crippen molar-refractivity contribution in [2.24, 2.45) is 5.92 Å². The Balaban J connectivity index is 2.35. The Morgan fingerprint density at radius 1 is 1.30 bits per heavy atom. The molecule has 1 atom stereocenters. The maximum absolute atomic E-state index is 12.8. The van der Waals surface area contributed by atoms with Gasteiger partial charge in [-0.2, -0.15) is 4.31 Å². The molecule has 1 saturated heterocycles. The van der Waals surface area contributed by atoms with Crippen molar-refractivity contribution >= 4 is 10.0 Å². The molecule has 0 amide bonds. The highest BCUT2D eigenvalue weighted by Gasteiger charge is 2.28. The molecule has 1 heterocycles. The zero-order valence-corrected chi connectivity index (χ0v) is 13.0. The van der Waals surface area contributed by atoms with Gasteiger partial charge < -0.3 is 5.11 Å². The monoisotopic (exact) mass is 297 g/mol. The maximum Gasteiger partial charge on any atom is 0.243 e. The largest absolute Gasteiger partial charge is 0.392 e. The lowest BCUT2D eigenvalue weighted by atomic mass is 10.0. The van der Waals surface area contributed by atoms with Gasteiger partial charge in [-0.15, -0.1) is 0 Å². The number of benzene rings is 1. The molecule has 1 aromatic carbocycles. The summed E-state index contributed by atoms with van der Waals surface area (Å²) < 4.78 is 27.2. The van der Waals surface area contributed by atoms with Gasteiger partial charge in [0, 0.05) is 13.1 Å². The fraction of sp³-hybridized carbons (Fsp3) is 0.600. The number of hydrogen-bond acceptors (Lipinski definition) is 3. The van der Waals surface area contributed by atoms with Gasteiger partial charge in [-0.05, 0) is 49.3 Å². The van der Waals surface area contributed by atoms with E-state index in [-0.39, 0.29) is 6.61 Å². The van der Waals surface area contributed by atoms with Crippen molar-refractivity contribution in [3.8, 4) is 0 Å². The molecule has 5 heteroatoms. The van der Waals surface area contributed by atoms with E-state index in [0.717, 1.165) is 19.3 Å². The third-order valence-corrected chi connectivity index (χ3v) is 6.20. The van der Waals surface area contributed by atoms with Crippen molar-refractivity contribution in [3.05, 3.63) is 29.3 Å². The minimum absolute atomic E-state index is 0.133. The molecule has 1 N–H and O–H groups in total. The normalized spacial score (nSPS) is 21.6. The summed E-state index contributed by atoms with van der Waals surface area (Å²) in [6.45, 7) is 4.99. The number of aliphatic hydroxyl groups is 1. The number of sulfonamides is 1. The van der Waals surface area contributed by atoms with Crippen LogP contribution in [-0.2, 0) is 16.6 Å². The van der Waals surface area contributed by atoms with Gasteiger partial charge in [0.1, 0.15) is 0 Å². The third kappa shape index (κ3) is 3.05. The lowest BCUT2D eigenvalue weighted by Gasteiger charge is -2.22. The molecular weight excluding hydrogens is 274 g/mol. The number of nitrogens with zero attached hydrogens (tertiary/aromatic N) is 1. The van der Waals surface area contributed by atoms with E-state index in [2.05, 4.69) is 6.92 Å². The average molecular weight is 297 g/mol. The minimum Gasteiger partial charge on any atom is -0.392 e. The van der Waals surface area contributed by atoms with Crippen molar-refractivity contribution in [1.29, 1.82) is 0 Å². The number of rotatable bonds is 3. The third-order valence-electron chi connectivity index (χ3n) is 4.16. The highest BCUT2D eigenvalue weighted by molar-refractivity contribution is 7.89. The van der Waals surface area contributed by atoms with Crippen LogP contribution < -0.4 is 0 Å². The Morgan fingerprint density at radius 3 is 2.75 bits per heavy atom. The average Bonchev–Trinajstić information content (AvgIpc) is 2.64. The van der Waals surface area contributed by atoms with E-state index in [1.54, 1.807) is 29.4 Å². The molecule has 1 fully saturated rings. The molecule has 20 heavy (non-hydrogen) atoms. The molecule has 1 aliphatic heterocycles. The minimum atomic E-state index is -3.45. The predicted molar refractivity (Wildman–Crippen MR) is 78.9 cm³/mol. The maximum atomic E-state index is 12.8. The van der Waals surface area contributed by atoms with E-state index in [1.807, 2.05) is 0 Å². The number of aliphatic hydroxyl groups excluding tert-OH is 1. The van der Waals surface area contributed by atoms with Gasteiger partial charge in [0.25, 0.3) is 0 Å². The Bertz CT molecular complexity index is 568. The Labute approximate surface area is 121 Å². The van der Waals surface area contributed by atoms with Crippen molar-refractivity contribution in [2.75, 3.05) is 13.1 Å². The van der Waals surface area contributed by atoms with E-state index in [4.69, 9.17) is 0 Å². The summed E-state index contributed by atoms with van der Waals surface area (Å²) in [6, 6.07) is 5.10. The van der Waals surface area contributed by atoms with Crippen LogP contribution >= 0.6 is 0 Å². The zero-order chi connectivity index (χ0) is 14.8. The molecule has 0 bridgehead atoms.